The monoisotopic (exact) mass is 981 g/mol. The van der Waals surface area contributed by atoms with Crippen LogP contribution in [0.1, 0.15) is 44.5 Å². The third kappa shape index (κ3) is 6.26. The first-order valence-electron chi connectivity index (χ1n) is 26.6. The van der Waals surface area contributed by atoms with Crippen LogP contribution in [-0.4, -0.2) is 0 Å². The van der Waals surface area contributed by atoms with Gasteiger partial charge in [0.15, 0.2) is 0 Å². The molecule has 3 heteroatoms. The van der Waals surface area contributed by atoms with Gasteiger partial charge in [-0.1, -0.05) is 212 Å². The van der Waals surface area contributed by atoms with E-state index in [-0.39, 0.29) is 0 Å². The predicted octanol–water partition coefficient (Wildman–Crippen LogP) is 19.1. The molecule has 0 saturated carbocycles. The maximum atomic E-state index is 6.59. The van der Waals surface area contributed by atoms with Crippen LogP contribution in [0.5, 0.6) is 23.0 Å². The molecule has 4 aliphatic rings. The van der Waals surface area contributed by atoms with Gasteiger partial charge in [0.05, 0.1) is 10.8 Å². The number of benzene rings is 12. The van der Waals surface area contributed by atoms with Crippen molar-refractivity contribution in [3.8, 4) is 78.6 Å². The standard InChI is InChI=1S/C74H47NO2/c1-2-16-48(17-3-1)49-30-38-54(39-31-49)75(55-40-32-50(33-41-55)52-36-44-63-59(46-52)57-18-4-6-20-61(57)73(63)65-22-8-12-26-69(65)76-70-27-13-9-23-66(70)73)56-42-34-51(35-43-56)53-37-45-64-60(47-53)58-19-5-7-21-62(58)74(64)67-24-10-14-28-71(67)77-72-29-15-11-25-68(72)74/h1-47H. The lowest BCUT2D eigenvalue weighted by Gasteiger charge is -2.39. The molecule has 12 aromatic rings. The number of rotatable bonds is 6. The van der Waals surface area contributed by atoms with Crippen LogP contribution in [0.4, 0.5) is 17.1 Å². The maximum absolute atomic E-state index is 6.59. The maximum Gasteiger partial charge on any atom is 0.132 e. The summed E-state index contributed by atoms with van der Waals surface area (Å²) in [5, 5.41) is 0. The van der Waals surface area contributed by atoms with Gasteiger partial charge in [0.1, 0.15) is 23.0 Å². The summed E-state index contributed by atoms with van der Waals surface area (Å²) in [6, 6.07) is 104. The zero-order chi connectivity index (χ0) is 50.7. The summed E-state index contributed by atoms with van der Waals surface area (Å²) < 4.78 is 13.2. The van der Waals surface area contributed by atoms with E-state index >= 15 is 0 Å². The SMILES string of the molecule is c1ccc(-c2ccc(N(c3ccc(-c4ccc5c(c4)-c4ccccc4C54c5ccccc5Oc5ccccc54)cc3)c3ccc(-c4ccc5c(c4)-c4ccccc4C54c5ccccc5Oc5ccccc54)cc3)cc2)cc1. The molecule has 0 unspecified atom stereocenters. The lowest BCUT2D eigenvalue weighted by atomic mass is 9.66. The highest BCUT2D eigenvalue weighted by atomic mass is 16.5. The van der Waals surface area contributed by atoms with Crippen LogP contribution < -0.4 is 14.4 Å². The molecule has 0 atom stereocenters. The first-order chi connectivity index (χ1) is 38.2. The molecule has 360 valence electrons. The number of ether oxygens (including phenoxy) is 2. The van der Waals surface area contributed by atoms with Crippen LogP contribution in [0.25, 0.3) is 55.6 Å². The summed E-state index contributed by atoms with van der Waals surface area (Å²) in [7, 11) is 0. The summed E-state index contributed by atoms with van der Waals surface area (Å²) in [5.74, 6) is 3.61. The van der Waals surface area contributed by atoms with Crippen molar-refractivity contribution < 1.29 is 9.47 Å². The van der Waals surface area contributed by atoms with Crippen molar-refractivity contribution >= 4 is 17.1 Å². The number of anilines is 3. The third-order valence-electron chi connectivity index (χ3n) is 16.8. The Labute approximate surface area is 448 Å². The van der Waals surface area contributed by atoms with Crippen molar-refractivity contribution in [3.05, 3.63) is 330 Å². The van der Waals surface area contributed by atoms with Crippen molar-refractivity contribution in [2.45, 2.75) is 10.8 Å². The summed E-state index contributed by atoms with van der Waals surface area (Å²) in [6.07, 6.45) is 0. The molecule has 0 amide bonds. The average molecular weight is 982 g/mol. The Bertz CT molecular complexity index is 4000. The Morgan fingerprint density at radius 2 is 0.481 bits per heavy atom. The van der Waals surface area contributed by atoms with Crippen LogP contribution in [0.15, 0.2) is 285 Å². The van der Waals surface area contributed by atoms with Gasteiger partial charge in [0, 0.05) is 39.3 Å². The van der Waals surface area contributed by atoms with E-state index in [0.717, 1.165) is 51.2 Å². The molecule has 0 fully saturated rings. The summed E-state index contributed by atoms with van der Waals surface area (Å²) >= 11 is 0. The molecule has 2 aliphatic heterocycles. The minimum atomic E-state index is -0.495. The molecule has 3 nitrogen and oxygen atoms in total. The van der Waals surface area contributed by atoms with E-state index < -0.39 is 10.8 Å². The number of para-hydroxylation sites is 4. The van der Waals surface area contributed by atoms with Gasteiger partial charge in [0.25, 0.3) is 0 Å². The van der Waals surface area contributed by atoms with E-state index in [1.807, 2.05) is 0 Å². The topological polar surface area (TPSA) is 21.7 Å². The van der Waals surface area contributed by atoms with Gasteiger partial charge < -0.3 is 14.4 Å². The van der Waals surface area contributed by atoms with Crippen molar-refractivity contribution in [3.63, 3.8) is 0 Å². The molecule has 0 N–H and O–H groups in total. The van der Waals surface area contributed by atoms with E-state index in [1.165, 1.54) is 89.0 Å². The Kier molecular flexibility index (Phi) is 9.47. The fraction of sp³-hybridized carbons (Fsp3) is 0.0270. The van der Waals surface area contributed by atoms with Gasteiger partial charge >= 0.3 is 0 Å². The lowest BCUT2D eigenvalue weighted by molar-refractivity contribution is 0.436. The largest absolute Gasteiger partial charge is 0.457 e. The van der Waals surface area contributed by atoms with Crippen molar-refractivity contribution in [2.75, 3.05) is 4.90 Å². The van der Waals surface area contributed by atoms with E-state index in [4.69, 9.17) is 9.47 Å². The Morgan fingerprint density at radius 3 is 0.857 bits per heavy atom. The highest BCUT2D eigenvalue weighted by Gasteiger charge is 2.52. The van der Waals surface area contributed by atoms with Crippen LogP contribution >= 0.6 is 0 Å². The minimum Gasteiger partial charge on any atom is -0.457 e. The smallest absolute Gasteiger partial charge is 0.132 e. The van der Waals surface area contributed by atoms with Crippen molar-refractivity contribution in [1.82, 2.24) is 0 Å². The predicted molar refractivity (Wildman–Crippen MR) is 312 cm³/mol. The van der Waals surface area contributed by atoms with E-state index in [0.29, 0.717) is 0 Å². The fourth-order valence-electron chi connectivity index (χ4n) is 13.6. The molecule has 0 bridgehead atoms. The number of nitrogens with zero attached hydrogens (tertiary/aromatic N) is 1. The quantitative estimate of drug-likeness (QED) is 0.166. The molecular weight excluding hydrogens is 935 g/mol. The van der Waals surface area contributed by atoms with Gasteiger partial charge in [-0.3, -0.25) is 0 Å². The number of hydrogen-bond acceptors (Lipinski definition) is 3. The first kappa shape index (κ1) is 43.4. The lowest BCUT2D eigenvalue weighted by Crippen LogP contribution is -2.32. The van der Waals surface area contributed by atoms with Gasteiger partial charge in [-0.15, -0.1) is 0 Å². The molecule has 77 heavy (non-hydrogen) atoms. The molecule has 12 aromatic carbocycles. The normalized spacial score (nSPS) is 13.9. The summed E-state index contributed by atoms with van der Waals surface area (Å²) in [6.45, 7) is 0. The van der Waals surface area contributed by atoms with Crippen LogP contribution in [-0.2, 0) is 10.8 Å². The van der Waals surface area contributed by atoms with Gasteiger partial charge in [-0.05, 0) is 151 Å². The second-order valence-corrected chi connectivity index (χ2v) is 20.6. The van der Waals surface area contributed by atoms with Gasteiger partial charge in [-0.25, -0.2) is 0 Å². The Hall–Kier alpha value is -9.96. The van der Waals surface area contributed by atoms with E-state index in [2.05, 4.69) is 290 Å². The molecular formula is C74H47NO2. The summed E-state index contributed by atoms with van der Waals surface area (Å²) in [5.41, 5.74) is 24.1. The van der Waals surface area contributed by atoms with Crippen LogP contribution in [0.2, 0.25) is 0 Å². The average Bonchev–Trinajstić information content (AvgIpc) is 4.09. The number of hydrogen-bond donors (Lipinski definition) is 0. The minimum absolute atomic E-state index is 0.495. The molecule has 2 aliphatic carbocycles. The van der Waals surface area contributed by atoms with Gasteiger partial charge in [0.2, 0.25) is 0 Å². The van der Waals surface area contributed by atoms with E-state index in [1.54, 1.807) is 0 Å². The number of fused-ring (bicyclic) bond motifs is 18. The van der Waals surface area contributed by atoms with Crippen LogP contribution in [0, 0.1) is 0 Å². The second kappa shape index (κ2) is 16.8. The van der Waals surface area contributed by atoms with Crippen LogP contribution in [0.3, 0.4) is 0 Å². The molecule has 16 rings (SSSR count). The zero-order valence-electron chi connectivity index (χ0n) is 41.9. The first-order valence-corrected chi connectivity index (χ1v) is 26.6. The van der Waals surface area contributed by atoms with E-state index in [9.17, 15) is 0 Å². The zero-order valence-corrected chi connectivity index (χ0v) is 41.9. The molecule has 0 saturated heterocycles. The second-order valence-electron chi connectivity index (χ2n) is 20.6. The highest BCUT2D eigenvalue weighted by molar-refractivity contribution is 5.93. The summed E-state index contributed by atoms with van der Waals surface area (Å²) in [4.78, 5) is 2.37. The molecule has 0 aromatic heterocycles. The Morgan fingerprint density at radius 1 is 0.208 bits per heavy atom. The fourth-order valence-corrected chi connectivity index (χ4v) is 13.6. The van der Waals surface area contributed by atoms with Gasteiger partial charge in [-0.2, -0.15) is 0 Å². The molecule has 0 radical (unpaired) electrons. The Balaban J connectivity index is 0.778. The highest BCUT2D eigenvalue weighted by Crippen LogP contribution is 2.64. The van der Waals surface area contributed by atoms with Crippen molar-refractivity contribution in [2.24, 2.45) is 0 Å². The molecule has 2 spiro atoms. The third-order valence-corrected chi connectivity index (χ3v) is 16.8. The van der Waals surface area contributed by atoms with Crippen molar-refractivity contribution in [1.29, 1.82) is 0 Å². The molecule has 2 heterocycles.